The van der Waals surface area contributed by atoms with Crippen LogP contribution in [0.2, 0.25) is 0 Å². The van der Waals surface area contributed by atoms with Gasteiger partial charge in [0.2, 0.25) is 0 Å². The number of hydrogen-bond acceptors (Lipinski definition) is 3. The molecule has 2 rings (SSSR count). The van der Waals surface area contributed by atoms with Gasteiger partial charge >= 0.3 is 0 Å². The molecule has 0 bridgehead atoms. The summed E-state index contributed by atoms with van der Waals surface area (Å²) in [5, 5.41) is 0. The van der Waals surface area contributed by atoms with Crippen molar-refractivity contribution in [1.29, 1.82) is 0 Å². The summed E-state index contributed by atoms with van der Waals surface area (Å²) in [6, 6.07) is 6.44. The Morgan fingerprint density at radius 2 is 2.29 bits per heavy atom. The highest BCUT2D eigenvalue weighted by atomic mass is 16.5. The average Bonchev–Trinajstić information content (AvgIpc) is 2.81. The molecule has 2 N–H and O–H groups in total. The first-order valence-corrected chi connectivity index (χ1v) is 6.33. The van der Waals surface area contributed by atoms with Crippen LogP contribution in [-0.4, -0.2) is 26.3 Å². The zero-order valence-electron chi connectivity index (χ0n) is 10.8. The van der Waals surface area contributed by atoms with Gasteiger partial charge in [-0.25, -0.2) is 0 Å². The van der Waals surface area contributed by atoms with Gasteiger partial charge in [0.15, 0.2) is 0 Å². The molecule has 17 heavy (non-hydrogen) atoms. The summed E-state index contributed by atoms with van der Waals surface area (Å²) in [6.45, 7) is 4.57. The minimum atomic E-state index is 0.381. The van der Waals surface area contributed by atoms with E-state index in [1.54, 1.807) is 0 Å². The van der Waals surface area contributed by atoms with Crippen LogP contribution in [-0.2, 0) is 11.3 Å². The summed E-state index contributed by atoms with van der Waals surface area (Å²) in [4.78, 5) is 2.27. The molecule has 0 radical (unpaired) electrons. The molecule has 1 aliphatic heterocycles. The quantitative estimate of drug-likeness (QED) is 0.866. The molecule has 0 saturated carbocycles. The molecular weight excluding hydrogens is 212 g/mol. The summed E-state index contributed by atoms with van der Waals surface area (Å²) < 4.78 is 5.68. The Balaban J connectivity index is 2.11. The third-order valence-corrected chi connectivity index (χ3v) is 3.37. The minimum absolute atomic E-state index is 0.381. The van der Waals surface area contributed by atoms with Crippen molar-refractivity contribution in [3.05, 3.63) is 29.3 Å². The van der Waals surface area contributed by atoms with Gasteiger partial charge in [0.05, 0.1) is 6.10 Å². The maximum absolute atomic E-state index is 5.79. The number of hydrogen-bond donors (Lipinski definition) is 1. The largest absolute Gasteiger partial charge is 0.376 e. The predicted octanol–water partition coefficient (Wildman–Crippen LogP) is 2.07. The lowest BCUT2D eigenvalue weighted by atomic mass is 10.1. The highest BCUT2D eigenvalue weighted by Crippen LogP contribution is 2.23. The molecule has 1 aromatic carbocycles. The first-order chi connectivity index (χ1) is 8.20. The molecule has 1 aliphatic rings. The Labute approximate surface area is 104 Å². The maximum Gasteiger partial charge on any atom is 0.0750 e. The van der Waals surface area contributed by atoms with Gasteiger partial charge in [0, 0.05) is 32.4 Å². The average molecular weight is 234 g/mol. The van der Waals surface area contributed by atoms with Crippen molar-refractivity contribution in [3.8, 4) is 0 Å². The Hall–Kier alpha value is -1.06. The van der Waals surface area contributed by atoms with Crippen LogP contribution in [0.25, 0.3) is 0 Å². The van der Waals surface area contributed by atoms with E-state index in [-0.39, 0.29) is 0 Å². The fraction of sp³-hybridized carbons (Fsp3) is 0.571. The Kier molecular flexibility index (Phi) is 4.02. The van der Waals surface area contributed by atoms with Gasteiger partial charge in [-0.3, -0.25) is 0 Å². The van der Waals surface area contributed by atoms with Crippen LogP contribution in [0.3, 0.4) is 0 Å². The standard InChI is InChI=1S/C14H22N2O/c1-11-5-6-12(9-15)14(8-11)16(2)10-13-4-3-7-17-13/h5-6,8,13H,3-4,7,9-10,15H2,1-2H3. The summed E-state index contributed by atoms with van der Waals surface area (Å²) >= 11 is 0. The molecule has 1 atom stereocenters. The lowest BCUT2D eigenvalue weighted by Gasteiger charge is -2.25. The van der Waals surface area contributed by atoms with E-state index in [0.29, 0.717) is 12.6 Å². The zero-order valence-corrected chi connectivity index (χ0v) is 10.8. The molecule has 0 aromatic heterocycles. The lowest BCUT2D eigenvalue weighted by molar-refractivity contribution is 0.116. The Bertz CT molecular complexity index is 372. The Morgan fingerprint density at radius 3 is 2.94 bits per heavy atom. The van der Waals surface area contributed by atoms with Gasteiger partial charge in [-0.15, -0.1) is 0 Å². The molecule has 3 nitrogen and oxygen atoms in total. The van der Waals surface area contributed by atoms with Gasteiger partial charge in [0.25, 0.3) is 0 Å². The SMILES string of the molecule is Cc1ccc(CN)c(N(C)CC2CCCO2)c1. The predicted molar refractivity (Wildman–Crippen MR) is 71.3 cm³/mol. The number of nitrogens with zero attached hydrogens (tertiary/aromatic N) is 1. The molecule has 1 aromatic rings. The molecule has 0 spiro atoms. The van der Waals surface area contributed by atoms with Gasteiger partial charge in [-0.1, -0.05) is 12.1 Å². The van der Waals surface area contributed by atoms with Crippen molar-refractivity contribution >= 4 is 5.69 Å². The third kappa shape index (κ3) is 2.99. The second kappa shape index (κ2) is 5.52. The minimum Gasteiger partial charge on any atom is -0.376 e. The number of aryl methyl sites for hydroxylation is 1. The first-order valence-electron chi connectivity index (χ1n) is 6.33. The van der Waals surface area contributed by atoms with Crippen molar-refractivity contribution in [2.75, 3.05) is 25.1 Å². The number of ether oxygens (including phenoxy) is 1. The fourth-order valence-electron chi connectivity index (χ4n) is 2.39. The normalized spacial score (nSPS) is 19.6. The fourth-order valence-corrected chi connectivity index (χ4v) is 2.39. The van der Waals surface area contributed by atoms with Crippen molar-refractivity contribution in [2.45, 2.75) is 32.4 Å². The second-order valence-electron chi connectivity index (χ2n) is 4.85. The number of likely N-dealkylation sites (N-methyl/N-ethyl adjacent to an activating group) is 1. The summed E-state index contributed by atoms with van der Waals surface area (Å²) in [5.41, 5.74) is 9.51. The lowest BCUT2D eigenvalue weighted by Crippen LogP contribution is -2.29. The molecule has 1 heterocycles. The zero-order chi connectivity index (χ0) is 12.3. The molecule has 0 amide bonds. The van der Waals surface area contributed by atoms with E-state index < -0.39 is 0 Å². The van der Waals surface area contributed by atoms with E-state index in [0.717, 1.165) is 13.2 Å². The van der Waals surface area contributed by atoms with Crippen LogP contribution in [0, 0.1) is 6.92 Å². The summed E-state index contributed by atoms with van der Waals surface area (Å²) in [6.07, 6.45) is 2.75. The summed E-state index contributed by atoms with van der Waals surface area (Å²) in [7, 11) is 2.12. The summed E-state index contributed by atoms with van der Waals surface area (Å²) in [5.74, 6) is 0. The van der Waals surface area contributed by atoms with Crippen LogP contribution in [0.4, 0.5) is 5.69 Å². The molecule has 1 fully saturated rings. The van der Waals surface area contributed by atoms with Crippen molar-refractivity contribution < 1.29 is 4.74 Å². The Morgan fingerprint density at radius 1 is 1.47 bits per heavy atom. The topological polar surface area (TPSA) is 38.5 Å². The molecular formula is C14H22N2O. The van der Waals surface area contributed by atoms with Crippen molar-refractivity contribution in [1.82, 2.24) is 0 Å². The van der Waals surface area contributed by atoms with E-state index in [2.05, 4.69) is 37.1 Å². The monoisotopic (exact) mass is 234 g/mol. The van der Waals surface area contributed by atoms with Gasteiger partial charge in [0.1, 0.15) is 0 Å². The first kappa shape index (κ1) is 12.4. The van der Waals surface area contributed by atoms with Crippen molar-refractivity contribution in [2.24, 2.45) is 5.73 Å². The van der Waals surface area contributed by atoms with E-state index in [1.165, 1.54) is 29.7 Å². The number of rotatable bonds is 4. The van der Waals surface area contributed by atoms with E-state index >= 15 is 0 Å². The molecule has 1 saturated heterocycles. The van der Waals surface area contributed by atoms with Crippen LogP contribution < -0.4 is 10.6 Å². The smallest absolute Gasteiger partial charge is 0.0750 e. The highest BCUT2D eigenvalue weighted by Gasteiger charge is 2.18. The number of nitrogens with two attached hydrogens (primary N) is 1. The van der Waals surface area contributed by atoms with Gasteiger partial charge in [-0.05, 0) is 37.0 Å². The van der Waals surface area contributed by atoms with Crippen molar-refractivity contribution in [3.63, 3.8) is 0 Å². The van der Waals surface area contributed by atoms with E-state index in [9.17, 15) is 0 Å². The van der Waals surface area contributed by atoms with Crippen LogP contribution >= 0.6 is 0 Å². The van der Waals surface area contributed by atoms with Gasteiger partial charge < -0.3 is 15.4 Å². The van der Waals surface area contributed by atoms with Crippen LogP contribution in [0.1, 0.15) is 24.0 Å². The second-order valence-corrected chi connectivity index (χ2v) is 4.85. The molecule has 0 aliphatic carbocycles. The highest BCUT2D eigenvalue weighted by molar-refractivity contribution is 5.55. The molecule has 94 valence electrons. The number of benzene rings is 1. The molecule has 1 unspecified atom stereocenters. The third-order valence-electron chi connectivity index (χ3n) is 3.37. The maximum atomic E-state index is 5.79. The van der Waals surface area contributed by atoms with E-state index in [1.807, 2.05) is 0 Å². The van der Waals surface area contributed by atoms with E-state index in [4.69, 9.17) is 10.5 Å². The van der Waals surface area contributed by atoms with Gasteiger partial charge in [-0.2, -0.15) is 0 Å². The molecule has 3 heteroatoms. The number of anilines is 1. The van der Waals surface area contributed by atoms with Crippen LogP contribution in [0.5, 0.6) is 0 Å². The van der Waals surface area contributed by atoms with Crippen LogP contribution in [0.15, 0.2) is 18.2 Å².